The molecule has 0 aliphatic carbocycles. The summed E-state index contributed by atoms with van der Waals surface area (Å²) in [5, 5.41) is 11.9. The van der Waals surface area contributed by atoms with Crippen molar-refractivity contribution in [3.05, 3.63) is 48.5 Å². The Bertz CT molecular complexity index is 1040. The van der Waals surface area contributed by atoms with Crippen LogP contribution in [0.5, 0.6) is 23.0 Å². The number of methoxy groups -OCH3 is 4. The molecule has 0 aliphatic rings. The summed E-state index contributed by atoms with van der Waals surface area (Å²) < 4.78 is 21.1. The lowest BCUT2D eigenvalue weighted by Crippen LogP contribution is -2.14. The molecule has 3 rings (SSSR count). The van der Waals surface area contributed by atoms with Crippen LogP contribution in [-0.4, -0.2) is 50.3 Å². The SMILES string of the molecule is COc1ccc(-c2ccc(SCC(=O)Nc3ccc(OC)c(OC)c3)nn2)c(OC)c1. The number of anilines is 1. The van der Waals surface area contributed by atoms with Gasteiger partial charge < -0.3 is 24.3 Å². The number of carbonyl (C=O) groups is 1. The normalized spacial score (nSPS) is 10.3. The van der Waals surface area contributed by atoms with Crippen molar-refractivity contribution in [2.24, 2.45) is 0 Å². The first kappa shape index (κ1) is 22.2. The molecule has 0 atom stereocenters. The number of amides is 1. The van der Waals surface area contributed by atoms with E-state index in [0.29, 0.717) is 39.4 Å². The van der Waals surface area contributed by atoms with Crippen molar-refractivity contribution in [2.75, 3.05) is 39.5 Å². The maximum atomic E-state index is 12.3. The summed E-state index contributed by atoms with van der Waals surface area (Å²) in [5.74, 6) is 2.50. The van der Waals surface area contributed by atoms with E-state index in [1.54, 1.807) is 52.7 Å². The van der Waals surface area contributed by atoms with Gasteiger partial charge in [-0.15, -0.1) is 10.2 Å². The van der Waals surface area contributed by atoms with Gasteiger partial charge in [-0.05, 0) is 36.4 Å². The van der Waals surface area contributed by atoms with E-state index in [9.17, 15) is 4.79 Å². The molecule has 9 heteroatoms. The van der Waals surface area contributed by atoms with Gasteiger partial charge in [-0.25, -0.2) is 0 Å². The first-order valence-corrected chi connectivity index (χ1v) is 10.3. The van der Waals surface area contributed by atoms with Crippen LogP contribution in [-0.2, 0) is 4.79 Å². The summed E-state index contributed by atoms with van der Waals surface area (Å²) in [6, 6.07) is 14.3. The summed E-state index contributed by atoms with van der Waals surface area (Å²) >= 11 is 1.29. The van der Waals surface area contributed by atoms with Crippen LogP contribution in [0.3, 0.4) is 0 Å². The second kappa shape index (κ2) is 10.5. The van der Waals surface area contributed by atoms with Crippen molar-refractivity contribution in [2.45, 2.75) is 5.03 Å². The van der Waals surface area contributed by atoms with Crippen LogP contribution in [0.25, 0.3) is 11.3 Å². The molecule has 2 aromatic carbocycles. The van der Waals surface area contributed by atoms with Gasteiger partial charge >= 0.3 is 0 Å². The van der Waals surface area contributed by atoms with Crippen molar-refractivity contribution in [3.8, 4) is 34.3 Å². The molecule has 0 unspecified atom stereocenters. The monoisotopic (exact) mass is 441 g/mol. The molecular formula is C22H23N3O5S. The van der Waals surface area contributed by atoms with Crippen LogP contribution in [0, 0.1) is 0 Å². The van der Waals surface area contributed by atoms with Crippen molar-refractivity contribution in [1.29, 1.82) is 0 Å². The lowest BCUT2D eigenvalue weighted by Gasteiger charge is -2.11. The largest absolute Gasteiger partial charge is 0.497 e. The van der Waals surface area contributed by atoms with Crippen LogP contribution in [0.4, 0.5) is 5.69 Å². The molecule has 1 aromatic heterocycles. The number of carbonyl (C=O) groups excluding carboxylic acids is 1. The Kier molecular flexibility index (Phi) is 7.55. The average molecular weight is 442 g/mol. The fraction of sp³-hybridized carbons (Fsp3) is 0.227. The lowest BCUT2D eigenvalue weighted by molar-refractivity contribution is -0.113. The van der Waals surface area contributed by atoms with Crippen molar-refractivity contribution < 1.29 is 23.7 Å². The Morgan fingerprint density at radius 1 is 0.839 bits per heavy atom. The molecule has 0 aliphatic heterocycles. The Balaban J connectivity index is 1.61. The number of thioether (sulfide) groups is 1. The second-order valence-electron chi connectivity index (χ2n) is 6.23. The molecule has 8 nitrogen and oxygen atoms in total. The number of ether oxygens (including phenoxy) is 4. The minimum atomic E-state index is -0.167. The van der Waals surface area contributed by atoms with Crippen LogP contribution < -0.4 is 24.3 Å². The molecule has 0 saturated carbocycles. The van der Waals surface area contributed by atoms with Gasteiger partial charge in [0.1, 0.15) is 16.5 Å². The fourth-order valence-electron chi connectivity index (χ4n) is 2.80. The van der Waals surface area contributed by atoms with E-state index < -0.39 is 0 Å². The van der Waals surface area contributed by atoms with Gasteiger partial charge in [0, 0.05) is 23.4 Å². The number of benzene rings is 2. The number of hydrogen-bond donors (Lipinski definition) is 1. The van der Waals surface area contributed by atoms with Gasteiger partial charge in [0.15, 0.2) is 11.5 Å². The average Bonchev–Trinajstić information content (AvgIpc) is 2.82. The van der Waals surface area contributed by atoms with E-state index in [4.69, 9.17) is 18.9 Å². The van der Waals surface area contributed by atoms with Gasteiger partial charge in [0.05, 0.1) is 39.9 Å². The summed E-state index contributed by atoms with van der Waals surface area (Å²) in [7, 11) is 6.29. The summed E-state index contributed by atoms with van der Waals surface area (Å²) in [5.41, 5.74) is 2.09. The maximum Gasteiger partial charge on any atom is 0.234 e. The fourth-order valence-corrected chi connectivity index (χ4v) is 3.42. The van der Waals surface area contributed by atoms with Crippen molar-refractivity contribution in [3.63, 3.8) is 0 Å². The zero-order valence-electron chi connectivity index (χ0n) is 17.7. The molecule has 1 N–H and O–H groups in total. The van der Waals surface area contributed by atoms with Crippen LogP contribution in [0.1, 0.15) is 0 Å². The maximum absolute atomic E-state index is 12.3. The third-order valence-corrected chi connectivity index (χ3v) is 5.26. The molecule has 1 amide bonds. The summed E-state index contributed by atoms with van der Waals surface area (Å²) in [6.07, 6.45) is 0. The number of hydrogen-bond acceptors (Lipinski definition) is 8. The number of nitrogens with zero attached hydrogens (tertiary/aromatic N) is 2. The van der Waals surface area contributed by atoms with Crippen LogP contribution in [0.2, 0.25) is 0 Å². The molecular weight excluding hydrogens is 418 g/mol. The Morgan fingerprint density at radius 2 is 1.61 bits per heavy atom. The minimum absolute atomic E-state index is 0.167. The van der Waals surface area contributed by atoms with E-state index in [1.807, 2.05) is 24.3 Å². The molecule has 0 saturated heterocycles. The smallest absolute Gasteiger partial charge is 0.234 e. The first-order valence-electron chi connectivity index (χ1n) is 9.28. The van der Waals surface area contributed by atoms with E-state index in [1.165, 1.54) is 11.8 Å². The van der Waals surface area contributed by atoms with E-state index in [2.05, 4.69) is 15.5 Å². The standard InChI is InChI=1S/C22H23N3O5S/c1-27-15-6-7-16(19(12-15)29-3)17-8-10-22(25-24-17)31-13-21(26)23-14-5-9-18(28-2)20(11-14)30-4/h5-12H,13H2,1-4H3,(H,23,26). The highest BCUT2D eigenvalue weighted by Gasteiger charge is 2.11. The van der Waals surface area contributed by atoms with Gasteiger partial charge in [-0.1, -0.05) is 11.8 Å². The van der Waals surface area contributed by atoms with E-state index in [0.717, 1.165) is 5.56 Å². The van der Waals surface area contributed by atoms with Crippen LogP contribution in [0.15, 0.2) is 53.6 Å². The zero-order valence-corrected chi connectivity index (χ0v) is 18.5. The van der Waals surface area contributed by atoms with Crippen molar-refractivity contribution in [1.82, 2.24) is 10.2 Å². The highest BCUT2D eigenvalue weighted by atomic mass is 32.2. The number of aromatic nitrogens is 2. The molecule has 0 radical (unpaired) electrons. The molecule has 162 valence electrons. The molecule has 0 bridgehead atoms. The molecule has 0 fully saturated rings. The number of nitrogens with one attached hydrogen (secondary N) is 1. The van der Waals surface area contributed by atoms with E-state index >= 15 is 0 Å². The third-order valence-electron chi connectivity index (χ3n) is 4.34. The highest BCUT2D eigenvalue weighted by Crippen LogP contribution is 2.32. The van der Waals surface area contributed by atoms with Crippen LogP contribution >= 0.6 is 11.8 Å². The van der Waals surface area contributed by atoms with Gasteiger partial charge in [0.2, 0.25) is 5.91 Å². The molecule has 1 heterocycles. The quantitative estimate of drug-likeness (QED) is 0.500. The molecule has 31 heavy (non-hydrogen) atoms. The van der Waals surface area contributed by atoms with Crippen molar-refractivity contribution >= 4 is 23.4 Å². The summed E-state index contributed by atoms with van der Waals surface area (Å²) in [4.78, 5) is 12.3. The number of rotatable bonds is 9. The Labute approximate surface area is 184 Å². The highest BCUT2D eigenvalue weighted by molar-refractivity contribution is 7.99. The predicted octanol–water partition coefficient (Wildman–Crippen LogP) is 3.91. The van der Waals surface area contributed by atoms with Gasteiger partial charge in [-0.3, -0.25) is 4.79 Å². The minimum Gasteiger partial charge on any atom is -0.497 e. The first-order chi connectivity index (χ1) is 15.1. The van der Waals surface area contributed by atoms with Gasteiger partial charge in [-0.2, -0.15) is 0 Å². The predicted molar refractivity (Wildman–Crippen MR) is 119 cm³/mol. The Morgan fingerprint density at radius 3 is 2.26 bits per heavy atom. The zero-order chi connectivity index (χ0) is 22.2. The molecule has 0 spiro atoms. The Hall–Kier alpha value is -3.46. The second-order valence-corrected chi connectivity index (χ2v) is 7.23. The topological polar surface area (TPSA) is 91.8 Å². The van der Waals surface area contributed by atoms with E-state index in [-0.39, 0.29) is 11.7 Å². The van der Waals surface area contributed by atoms with Gasteiger partial charge in [0.25, 0.3) is 0 Å². The third kappa shape index (κ3) is 5.58. The summed E-state index contributed by atoms with van der Waals surface area (Å²) in [6.45, 7) is 0. The molecule has 3 aromatic rings. The lowest BCUT2D eigenvalue weighted by atomic mass is 10.1.